The highest BCUT2D eigenvalue weighted by molar-refractivity contribution is 6.01. The second kappa shape index (κ2) is 11.7. The van der Waals surface area contributed by atoms with Crippen molar-refractivity contribution in [3.63, 3.8) is 0 Å². The van der Waals surface area contributed by atoms with Gasteiger partial charge in [0.15, 0.2) is 0 Å². The Bertz CT molecular complexity index is 1160. The van der Waals surface area contributed by atoms with Gasteiger partial charge in [-0.2, -0.15) is 0 Å². The SMILES string of the molecule is COc1ccc(NC(=O)C2(N(Cc3cccnc3)C(=O)Cc3ccccc3)CCCCC2)c(OC)c1. The summed E-state index contributed by atoms with van der Waals surface area (Å²) in [7, 11) is 3.14. The molecule has 0 radical (unpaired) electrons. The zero-order valence-corrected chi connectivity index (χ0v) is 20.9. The number of pyridine rings is 1. The molecular weight excluding hydrogens is 454 g/mol. The van der Waals surface area contributed by atoms with Crippen molar-refractivity contribution < 1.29 is 19.1 Å². The van der Waals surface area contributed by atoms with Gasteiger partial charge in [0.25, 0.3) is 0 Å². The molecule has 0 bridgehead atoms. The number of aromatic nitrogens is 1. The Balaban J connectivity index is 1.70. The van der Waals surface area contributed by atoms with Crippen molar-refractivity contribution in [1.82, 2.24) is 9.88 Å². The van der Waals surface area contributed by atoms with E-state index in [1.165, 1.54) is 0 Å². The van der Waals surface area contributed by atoms with Gasteiger partial charge in [-0.15, -0.1) is 0 Å². The van der Waals surface area contributed by atoms with Gasteiger partial charge in [0, 0.05) is 25.0 Å². The summed E-state index contributed by atoms with van der Waals surface area (Å²) in [5.41, 5.74) is 1.37. The number of benzene rings is 2. The maximum atomic E-state index is 14.1. The molecule has 0 aliphatic heterocycles. The Hall–Kier alpha value is -3.87. The summed E-state index contributed by atoms with van der Waals surface area (Å²) in [5, 5.41) is 3.08. The average molecular weight is 488 g/mol. The molecule has 7 nitrogen and oxygen atoms in total. The summed E-state index contributed by atoms with van der Waals surface area (Å²) in [6.07, 6.45) is 7.65. The molecule has 36 heavy (non-hydrogen) atoms. The minimum atomic E-state index is -0.981. The van der Waals surface area contributed by atoms with Gasteiger partial charge in [-0.3, -0.25) is 14.6 Å². The number of amides is 2. The molecule has 0 atom stereocenters. The molecule has 3 aromatic rings. The largest absolute Gasteiger partial charge is 0.497 e. The Morgan fingerprint density at radius 2 is 1.69 bits per heavy atom. The van der Waals surface area contributed by atoms with Crippen molar-refractivity contribution in [3.8, 4) is 11.5 Å². The molecule has 0 saturated heterocycles. The van der Waals surface area contributed by atoms with Gasteiger partial charge < -0.3 is 19.7 Å². The number of hydrogen-bond donors (Lipinski definition) is 1. The van der Waals surface area contributed by atoms with Crippen molar-refractivity contribution >= 4 is 17.5 Å². The lowest BCUT2D eigenvalue weighted by Crippen LogP contribution is -2.60. The smallest absolute Gasteiger partial charge is 0.250 e. The molecule has 0 unspecified atom stereocenters. The van der Waals surface area contributed by atoms with Crippen LogP contribution in [0.4, 0.5) is 5.69 Å². The highest BCUT2D eigenvalue weighted by atomic mass is 16.5. The van der Waals surface area contributed by atoms with E-state index in [0.717, 1.165) is 30.4 Å². The normalized spacial score (nSPS) is 14.5. The summed E-state index contributed by atoms with van der Waals surface area (Å²) < 4.78 is 10.8. The van der Waals surface area contributed by atoms with Gasteiger partial charge >= 0.3 is 0 Å². The predicted octanol–water partition coefficient (Wildman–Crippen LogP) is 5.01. The fraction of sp³-hybridized carbons (Fsp3) is 0.345. The van der Waals surface area contributed by atoms with Gasteiger partial charge in [-0.1, -0.05) is 55.7 Å². The third-order valence-electron chi connectivity index (χ3n) is 6.84. The van der Waals surface area contributed by atoms with E-state index in [9.17, 15) is 9.59 Å². The molecule has 1 N–H and O–H groups in total. The minimum Gasteiger partial charge on any atom is -0.497 e. The second-order valence-electron chi connectivity index (χ2n) is 9.12. The molecule has 1 fully saturated rings. The highest BCUT2D eigenvalue weighted by Crippen LogP contribution is 2.38. The van der Waals surface area contributed by atoms with Crippen LogP contribution in [0, 0.1) is 0 Å². The quantitative estimate of drug-likeness (QED) is 0.459. The Morgan fingerprint density at radius 3 is 2.36 bits per heavy atom. The minimum absolute atomic E-state index is 0.0798. The van der Waals surface area contributed by atoms with Crippen LogP contribution in [-0.2, 0) is 22.6 Å². The first-order valence-corrected chi connectivity index (χ1v) is 12.3. The average Bonchev–Trinajstić information content (AvgIpc) is 2.93. The second-order valence-corrected chi connectivity index (χ2v) is 9.12. The van der Waals surface area contributed by atoms with E-state index in [1.54, 1.807) is 49.7 Å². The van der Waals surface area contributed by atoms with Crippen molar-refractivity contribution in [1.29, 1.82) is 0 Å². The number of methoxy groups -OCH3 is 2. The molecular formula is C29H33N3O4. The van der Waals surface area contributed by atoms with Crippen LogP contribution < -0.4 is 14.8 Å². The summed E-state index contributed by atoms with van der Waals surface area (Å²) >= 11 is 0. The van der Waals surface area contributed by atoms with Gasteiger partial charge in [0.05, 0.1) is 26.3 Å². The number of carbonyl (C=O) groups excluding carboxylic acids is 2. The fourth-order valence-corrected chi connectivity index (χ4v) is 4.92. The number of nitrogens with zero attached hydrogens (tertiary/aromatic N) is 2. The first kappa shape index (κ1) is 25.2. The van der Waals surface area contributed by atoms with Gasteiger partial charge in [0.2, 0.25) is 11.8 Å². The van der Waals surface area contributed by atoms with Crippen LogP contribution in [0.1, 0.15) is 43.2 Å². The predicted molar refractivity (Wildman–Crippen MR) is 139 cm³/mol. The standard InChI is InChI=1S/C29H33N3O4/c1-35-24-13-14-25(26(19-24)36-2)31-28(34)29(15-7-4-8-16-29)32(21-23-12-9-17-30-20-23)27(33)18-22-10-5-3-6-11-22/h3,5-6,9-14,17,19-20H,4,7-8,15-16,18,21H2,1-2H3,(H,31,34). The van der Waals surface area contributed by atoms with Crippen LogP contribution in [0.5, 0.6) is 11.5 Å². The van der Waals surface area contributed by atoms with E-state index in [0.29, 0.717) is 36.6 Å². The van der Waals surface area contributed by atoms with Gasteiger partial charge in [-0.05, 0) is 42.2 Å². The topological polar surface area (TPSA) is 80.8 Å². The lowest BCUT2D eigenvalue weighted by molar-refractivity contribution is -0.148. The Kier molecular flexibility index (Phi) is 8.21. The van der Waals surface area contributed by atoms with Gasteiger partial charge in [-0.25, -0.2) is 0 Å². The lowest BCUT2D eigenvalue weighted by atomic mass is 9.78. The summed E-state index contributed by atoms with van der Waals surface area (Å²) in [6.45, 7) is 0.312. The number of nitrogens with one attached hydrogen (secondary N) is 1. The first-order chi connectivity index (χ1) is 17.6. The van der Waals surface area contributed by atoms with Crippen molar-refractivity contribution in [3.05, 3.63) is 84.2 Å². The van der Waals surface area contributed by atoms with E-state index in [1.807, 2.05) is 42.5 Å². The highest BCUT2D eigenvalue weighted by Gasteiger charge is 2.47. The number of carbonyl (C=O) groups is 2. The van der Waals surface area contributed by atoms with Crippen LogP contribution >= 0.6 is 0 Å². The zero-order valence-electron chi connectivity index (χ0n) is 20.9. The number of ether oxygens (including phenoxy) is 2. The third-order valence-corrected chi connectivity index (χ3v) is 6.84. The van der Waals surface area contributed by atoms with E-state index in [4.69, 9.17) is 9.47 Å². The fourth-order valence-electron chi connectivity index (χ4n) is 4.92. The Morgan fingerprint density at radius 1 is 0.944 bits per heavy atom. The molecule has 0 spiro atoms. The van der Waals surface area contributed by atoms with Crippen LogP contribution in [0.3, 0.4) is 0 Å². The third kappa shape index (κ3) is 5.67. The molecule has 2 aromatic carbocycles. The molecule has 1 heterocycles. The van der Waals surface area contributed by atoms with E-state index in [2.05, 4.69) is 10.3 Å². The van der Waals surface area contributed by atoms with Crippen molar-refractivity contribution in [2.45, 2.75) is 50.6 Å². The van der Waals surface area contributed by atoms with E-state index in [-0.39, 0.29) is 18.2 Å². The first-order valence-electron chi connectivity index (χ1n) is 12.3. The number of rotatable bonds is 9. The molecule has 1 saturated carbocycles. The van der Waals surface area contributed by atoms with E-state index >= 15 is 0 Å². The molecule has 1 aromatic heterocycles. The molecule has 4 rings (SSSR count). The summed E-state index contributed by atoms with van der Waals surface area (Å²) in [6, 6.07) is 18.7. The van der Waals surface area contributed by atoms with Gasteiger partial charge in [0.1, 0.15) is 17.0 Å². The lowest BCUT2D eigenvalue weighted by Gasteiger charge is -2.45. The van der Waals surface area contributed by atoms with Crippen LogP contribution in [0.15, 0.2) is 73.1 Å². The van der Waals surface area contributed by atoms with Crippen molar-refractivity contribution in [2.24, 2.45) is 0 Å². The number of anilines is 1. The summed E-state index contributed by atoms with van der Waals surface area (Å²) in [5.74, 6) is 0.858. The monoisotopic (exact) mass is 487 g/mol. The zero-order chi connectivity index (χ0) is 25.4. The molecule has 1 aliphatic carbocycles. The van der Waals surface area contributed by atoms with E-state index < -0.39 is 5.54 Å². The van der Waals surface area contributed by atoms with Crippen LogP contribution in [0.25, 0.3) is 0 Å². The van der Waals surface area contributed by atoms with Crippen LogP contribution in [-0.4, -0.2) is 41.5 Å². The summed E-state index contributed by atoms with van der Waals surface area (Å²) in [4.78, 5) is 34.0. The molecule has 1 aliphatic rings. The maximum Gasteiger partial charge on any atom is 0.250 e. The molecule has 7 heteroatoms. The maximum absolute atomic E-state index is 14.1. The Labute approximate surface area is 212 Å². The molecule has 188 valence electrons. The van der Waals surface area contributed by atoms with Crippen molar-refractivity contribution in [2.75, 3.05) is 19.5 Å². The molecule has 2 amide bonds. The van der Waals surface area contributed by atoms with Crippen LogP contribution in [0.2, 0.25) is 0 Å². The number of hydrogen-bond acceptors (Lipinski definition) is 5.